The van der Waals surface area contributed by atoms with E-state index >= 15 is 0 Å². The van der Waals surface area contributed by atoms with Gasteiger partial charge < -0.3 is 9.80 Å². The fourth-order valence-electron chi connectivity index (χ4n) is 3.95. The molecule has 0 saturated carbocycles. The van der Waals surface area contributed by atoms with Gasteiger partial charge >= 0.3 is 0 Å². The van der Waals surface area contributed by atoms with Crippen LogP contribution in [0.15, 0.2) is 24.3 Å². The van der Waals surface area contributed by atoms with Gasteiger partial charge in [0.25, 0.3) is 0 Å². The van der Waals surface area contributed by atoms with Crippen molar-refractivity contribution in [1.29, 1.82) is 0 Å². The highest BCUT2D eigenvalue weighted by Crippen LogP contribution is 2.22. The highest BCUT2D eigenvalue weighted by Gasteiger charge is 2.31. The van der Waals surface area contributed by atoms with Gasteiger partial charge in [-0.05, 0) is 49.7 Å². The summed E-state index contributed by atoms with van der Waals surface area (Å²) in [5.41, 5.74) is 2.54. The van der Waals surface area contributed by atoms with E-state index in [1.54, 1.807) is 0 Å². The molecule has 4 heteroatoms. The van der Waals surface area contributed by atoms with Gasteiger partial charge in [0.2, 0.25) is 11.8 Å². The first-order chi connectivity index (χ1) is 12.2. The summed E-state index contributed by atoms with van der Waals surface area (Å²) in [6.07, 6.45) is 6.48. The first-order valence-electron chi connectivity index (χ1n) is 9.81. The average Bonchev–Trinajstić information content (AvgIpc) is 3.20. The molecule has 0 radical (unpaired) electrons. The molecule has 4 nitrogen and oxygen atoms in total. The van der Waals surface area contributed by atoms with Crippen LogP contribution >= 0.6 is 0 Å². The Balaban J connectivity index is 1.50. The van der Waals surface area contributed by atoms with Crippen molar-refractivity contribution in [3.63, 3.8) is 0 Å². The smallest absolute Gasteiger partial charge is 0.227 e. The Morgan fingerprint density at radius 2 is 1.60 bits per heavy atom. The molecule has 2 amide bonds. The van der Waals surface area contributed by atoms with E-state index in [-0.39, 0.29) is 17.7 Å². The third-order valence-electron chi connectivity index (χ3n) is 5.60. The summed E-state index contributed by atoms with van der Waals surface area (Å²) in [6.45, 7) is 5.36. The molecule has 2 aliphatic rings. The second kappa shape index (κ2) is 8.50. The molecule has 0 bridgehead atoms. The largest absolute Gasteiger partial charge is 0.342 e. The van der Waals surface area contributed by atoms with Gasteiger partial charge in [0.1, 0.15) is 0 Å². The topological polar surface area (TPSA) is 40.6 Å². The van der Waals surface area contributed by atoms with Gasteiger partial charge in [-0.2, -0.15) is 0 Å². The van der Waals surface area contributed by atoms with Gasteiger partial charge in [0, 0.05) is 32.6 Å². The fraction of sp³-hybridized carbons (Fsp3) is 0.619. The van der Waals surface area contributed by atoms with E-state index in [2.05, 4.69) is 31.2 Å². The first-order valence-corrected chi connectivity index (χ1v) is 9.81. The lowest BCUT2D eigenvalue weighted by Crippen LogP contribution is -2.46. The zero-order valence-electron chi connectivity index (χ0n) is 15.4. The number of benzene rings is 1. The Hall–Kier alpha value is -1.84. The third kappa shape index (κ3) is 4.62. The van der Waals surface area contributed by atoms with Crippen molar-refractivity contribution in [3.05, 3.63) is 35.4 Å². The van der Waals surface area contributed by atoms with E-state index in [1.807, 2.05) is 9.80 Å². The number of piperidine rings is 1. The summed E-state index contributed by atoms with van der Waals surface area (Å²) in [7, 11) is 0. The first kappa shape index (κ1) is 18.0. The molecule has 2 aliphatic heterocycles. The quantitative estimate of drug-likeness (QED) is 0.825. The van der Waals surface area contributed by atoms with Crippen LogP contribution in [-0.2, 0) is 22.4 Å². The summed E-state index contributed by atoms with van der Waals surface area (Å²) in [6, 6.07) is 8.54. The number of nitrogens with zero attached hydrogens (tertiary/aromatic N) is 2. The van der Waals surface area contributed by atoms with Gasteiger partial charge in [-0.15, -0.1) is 0 Å². The minimum Gasteiger partial charge on any atom is -0.342 e. The molecular formula is C21H30N2O2. The molecule has 2 heterocycles. The third-order valence-corrected chi connectivity index (χ3v) is 5.60. The van der Waals surface area contributed by atoms with Crippen LogP contribution in [0.5, 0.6) is 0 Å². The van der Waals surface area contributed by atoms with Gasteiger partial charge in [0.05, 0.1) is 5.92 Å². The molecule has 0 aromatic heterocycles. The predicted molar refractivity (Wildman–Crippen MR) is 99.3 cm³/mol. The molecule has 2 saturated heterocycles. The Bertz CT molecular complexity index is 590. The van der Waals surface area contributed by atoms with Gasteiger partial charge in [-0.1, -0.05) is 31.2 Å². The van der Waals surface area contributed by atoms with E-state index in [0.29, 0.717) is 13.0 Å². The minimum atomic E-state index is 0.0136. The summed E-state index contributed by atoms with van der Waals surface area (Å²) in [5.74, 6) is 0.475. The van der Waals surface area contributed by atoms with Crippen LogP contribution in [0.25, 0.3) is 0 Å². The van der Waals surface area contributed by atoms with E-state index in [0.717, 1.165) is 58.2 Å². The maximum Gasteiger partial charge on any atom is 0.227 e. The van der Waals surface area contributed by atoms with Crippen LogP contribution in [0.3, 0.4) is 0 Å². The van der Waals surface area contributed by atoms with E-state index in [1.165, 1.54) is 11.1 Å². The van der Waals surface area contributed by atoms with Gasteiger partial charge in [-0.25, -0.2) is 0 Å². The maximum atomic E-state index is 12.6. The zero-order valence-corrected chi connectivity index (χ0v) is 15.4. The van der Waals surface area contributed by atoms with Crippen LogP contribution in [-0.4, -0.2) is 47.8 Å². The molecule has 2 fully saturated rings. The van der Waals surface area contributed by atoms with Crippen molar-refractivity contribution in [3.8, 4) is 0 Å². The molecule has 0 aliphatic carbocycles. The van der Waals surface area contributed by atoms with Crippen LogP contribution in [0.4, 0.5) is 0 Å². The van der Waals surface area contributed by atoms with E-state index < -0.39 is 0 Å². The molecule has 25 heavy (non-hydrogen) atoms. The number of carbonyl (C=O) groups excluding carboxylic acids is 2. The fourth-order valence-corrected chi connectivity index (χ4v) is 3.95. The van der Waals surface area contributed by atoms with Crippen molar-refractivity contribution < 1.29 is 9.59 Å². The van der Waals surface area contributed by atoms with Crippen molar-refractivity contribution in [2.24, 2.45) is 5.92 Å². The number of hydrogen-bond donors (Lipinski definition) is 0. The molecule has 0 N–H and O–H groups in total. The number of hydrogen-bond acceptors (Lipinski definition) is 2. The molecule has 3 rings (SSSR count). The van der Waals surface area contributed by atoms with Crippen molar-refractivity contribution >= 4 is 11.8 Å². The van der Waals surface area contributed by atoms with Crippen LogP contribution in [0.1, 0.15) is 50.2 Å². The monoisotopic (exact) mass is 342 g/mol. The molecule has 136 valence electrons. The van der Waals surface area contributed by atoms with Crippen molar-refractivity contribution in [2.45, 2.75) is 51.9 Å². The van der Waals surface area contributed by atoms with Crippen LogP contribution in [0, 0.1) is 5.92 Å². The van der Waals surface area contributed by atoms with Gasteiger partial charge in [0.15, 0.2) is 0 Å². The lowest BCUT2D eigenvalue weighted by molar-refractivity contribution is -0.140. The van der Waals surface area contributed by atoms with Crippen LogP contribution < -0.4 is 0 Å². The van der Waals surface area contributed by atoms with E-state index in [4.69, 9.17) is 0 Å². The normalized spacial score (nSPS) is 20.8. The Kier molecular flexibility index (Phi) is 6.11. The second-order valence-electron chi connectivity index (χ2n) is 7.38. The minimum absolute atomic E-state index is 0.0136. The number of aryl methyl sites for hydroxylation is 2. The Labute approximate surface area is 151 Å². The summed E-state index contributed by atoms with van der Waals surface area (Å²) in [4.78, 5) is 29.1. The van der Waals surface area contributed by atoms with Crippen LogP contribution in [0.2, 0.25) is 0 Å². The summed E-state index contributed by atoms with van der Waals surface area (Å²) >= 11 is 0. The number of rotatable bonds is 5. The summed E-state index contributed by atoms with van der Waals surface area (Å²) < 4.78 is 0. The number of amides is 2. The van der Waals surface area contributed by atoms with E-state index in [9.17, 15) is 9.59 Å². The SMILES string of the molecule is CCc1ccc(CCC(=O)N2CCC[C@@H](C(=O)N3CCCC3)C2)cc1. The lowest BCUT2D eigenvalue weighted by atomic mass is 9.96. The second-order valence-corrected chi connectivity index (χ2v) is 7.38. The van der Waals surface area contributed by atoms with Gasteiger partial charge in [-0.3, -0.25) is 9.59 Å². The number of carbonyl (C=O) groups is 2. The highest BCUT2D eigenvalue weighted by molar-refractivity contribution is 5.81. The molecule has 0 spiro atoms. The number of likely N-dealkylation sites (tertiary alicyclic amines) is 2. The average molecular weight is 342 g/mol. The predicted octanol–water partition coefficient (Wildman–Crippen LogP) is 3.04. The highest BCUT2D eigenvalue weighted by atomic mass is 16.2. The van der Waals surface area contributed by atoms with Crippen molar-refractivity contribution in [2.75, 3.05) is 26.2 Å². The Morgan fingerprint density at radius 3 is 2.28 bits per heavy atom. The summed E-state index contributed by atoms with van der Waals surface area (Å²) in [5, 5.41) is 0. The lowest BCUT2D eigenvalue weighted by Gasteiger charge is -2.34. The zero-order chi connectivity index (χ0) is 17.6. The molecule has 1 aromatic carbocycles. The molecule has 0 unspecified atom stereocenters. The maximum absolute atomic E-state index is 12.6. The standard InChI is InChI=1S/C21H30N2O2/c1-2-17-7-9-18(10-8-17)11-12-20(24)23-15-5-6-19(16-23)21(25)22-13-3-4-14-22/h7-10,19H,2-6,11-16H2,1H3/t19-/m1/s1. The molecular weight excluding hydrogens is 312 g/mol. The Morgan fingerprint density at radius 1 is 0.960 bits per heavy atom. The van der Waals surface area contributed by atoms with Crippen molar-refractivity contribution in [1.82, 2.24) is 9.80 Å². The molecule has 1 aromatic rings. The molecule has 1 atom stereocenters.